The molecular formula is C18H27N3O2. The maximum atomic E-state index is 12.7. The SMILES string of the molecule is CN1CCC[C@H]1c1cccnc1N(C(=O)OC(C)(C)C)C1CC1. The summed E-state index contributed by atoms with van der Waals surface area (Å²) in [6, 6.07) is 4.63. The van der Waals surface area contributed by atoms with E-state index < -0.39 is 5.60 Å². The smallest absolute Gasteiger partial charge is 0.416 e. The summed E-state index contributed by atoms with van der Waals surface area (Å²) >= 11 is 0. The van der Waals surface area contributed by atoms with Gasteiger partial charge in [-0.05, 0) is 66.1 Å². The van der Waals surface area contributed by atoms with Crippen molar-refractivity contribution in [3.05, 3.63) is 23.9 Å². The molecule has 0 unspecified atom stereocenters. The van der Waals surface area contributed by atoms with Crippen LogP contribution in [0.1, 0.15) is 58.1 Å². The lowest BCUT2D eigenvalue weighted by Gasteiger charge is -2.30. The van der Waals surface area contributed by atoms with E-state index in [9.17, 15) is 4.79 Å². The molecule has 1 aliphatic carbocycles. The highest BCUT2D eigenvalue weighted by molar-refractivity contribution is 5.89. The maximum Gasteiger partial charge on any atom is 0.416 e. The molecule has 1 aliphatic heterocycles. The van der Waals surface area contributed by atoms with Gasteiger partial charge in [-0.25, -0.2) is 9.78 Å². The van der Waals surface area contributed by atoms with Gasteiger partial charge in [-0.2, -0.15) is 0 Å². The number of anilines is 1. The van der Waals surface area contributed by atoms with Crippen LogP contribution in [0, 0.1) is 0 Å². The van der Waals surface area contributed by atoms with Crippen molar-refractivity contribution in [1.29, 1.82) is 0 Å². The molecule has 0 N–H and O–H groups in total. The Morgan fingerprint density at radius 1 is 1.35 bits per heavy atom. The number of pyridine rings is 1. The molecule has 1 atom stereocenters. The van der Waals surface area contributed by atoms with Gasteiger partial charge in [0, 0.05) is 23.8 Å². The summed E-state index contributed by atoms with van der Waals surface area (Å²) in [6.07, 6.45) is 5.84. The lowest BCUT2D eigenvalue weighted by molar-refractivity contribution is 0.0576. The minimum absolute atomic E-state index is 0.227. The van der Waals surface area contributed by atoms with E-state index in [4.69, 9.17) is 4.74 Å². The Morgan fingerprint density at radius 2 is 2.09 bits per heavy atom. The van der Waals surface area contributed by atoms with Gasteiger partial charge >= 0.3 is 6.09 Å². The summed E-state index contributed by atoms with van der Waals surface area (Å²) in [6.45, 7) is 6.80. The van der Waals surface area contributed by atoms with Gasteiger partial charge < -0.3 is 4.74 Å². The van der Waals surface area contributed by atoms with Gasteiger partial charge in [-0.3, -0.25) is 9.80 Å². The van der Waals surface area contributed by atoms with Crippen LogP contribution in [-0.4, -0.2) is 41.2 Å². The summed E-state index contributed by atoms with van der Waals surface area (Å²) < 4.78 is 5.63. The van der Waals surface area contributed by atoms with Crippen molar-refractivity contribution >= 4 is 11.9 Å². The zero-order chi connectivity index (χ0) is 16.6. The lowest BCUT2D eigenvalue weighted by atomic mass is 10.1. The molecule has 1 amide bonds. The Morgan fingerprint density at radius 3 is 2.65 bits per heavy atom. The Bertz CT molecular complexity index is 578. The minimum atomic E-state index is -0.497. The zero-order valence-corrected chi connectivity index (χ0v) is 14.6. The van der Waals surface area contributed by atoms with Crippen molar-refractivity contribution in [3.63, 3.8) is 0 Å². The molecule has 0 spiro atoms. The van der Waals surface area contributed by atoms with Gasteiger partial charge in [0.2, 0.25) is 0 Å². The van der Waals surface area contributed by atoms with Crippen LogP contribution >= 0.6 is 0 Å². The van der Waals surface area contributed by atoms with Gasteiger partial charge in [0.1, 0.15) is 11.4 Å². The molecule has 23 heavy (non-hydrogen) atoms. The molecule has 1 aromatic rings. The fourth-order valence-electron chi connectivity index (χ4n) is 3.23. The summed E-state index contributed by atoms with van der Waals surface area (Å²) in [5.74, 6) is 0.781. The summed E-state index contributed by atoms with van der Waals surface area (Å²) in [7, 11) is 2.14. The Hall–Kier alpha value is -1.62. The Kier molecular flexibility index (Phi) is 4.32. The maximum absolute atomic E-state index is 12.7. The van der Waals surface area contributed by atoms with E-state index in [2.05, 4.69) is 23.0 Å². The van der Waals surface area contributed by atoms with Crippen LogP contribution in [0.4, 0.5) is 10.6 Å². The molecule has 5 heteroatoms. The van der Waals surface area contributed by atoms with Gasteiger partial charge in [0.05, 0.1) is 0 Å². The predicted octanol–water partition coefficient (Wildman–Crippen LogP) is 3.75. The second kappa shape index (κ2) is 6.11. The van der Waals surface area contributed by atoms with Crippen LogP contribution in [0.2, 0.25) is 0 Å². The van der Waals surface area contributed by atoms with Crippen LogP contribution in [-0.2, 0) is 4.74 Å². The third kappa shape index (κ3) is 3.66. The van der Waals surface area contributed by atoms with Gasteiger partial charge in [-0.15, -0.1) is 0 Å². The third-order valence-corrected chi connectivity index (χ3v) is 4.43. The average molecular weight is 317 g/mol. The highest BCUT2D eigenvalue weighted by atomic mass is 16.6. The molecule has 1 saturated heterocycles. The zero-order valence-electron chi connectivity index (χ0n) is 14.6. The van der Waals surface area contributed by atoms with E-state index in [1.165, 1.54) is 6.42 Å². The van der Waals surface area contributed by atoms with Gasteiger partial charge in [-0.1, -0.05) is 6.07 Å². The highest BCUT2D eigenvalue weighted by Crippen LogP contribution is 2.39. The van der Waals surface area contributed by atoms with Crippen molar-refractivity contribution in [2.75, 3.05) is 18.5 Å². The number of carbonyl (C=O) groups excluding carboxylic acids is 1. The number of amides is 1. The van der Waals surface area contributed by atoms with Gasteiger partial charge in [0.25, 0.3) is 0 Å². The molecule has 1 aromatic heterocycles. The largest absolute Gasteiger partial charge is 0.443 e. The van der Waals surface area contributed by atoms with Crippen LogP contribution in [0.15, 0.2) is 18.3 Å². The van der Waals surface area contributed by atoms with E-state index in [0.717, 1.165) is 37.2 Å². The third-order valence-electron chi connectivity index (χ3n) is 4.43. The molecule has 0 radical (unpaired) electrons. The van der Waals surface area contributed by atoms with Crippen LogP contribution < -0.4 is 4.90 Å². The quantitative estimate of drug-likeness (QED) is 0.851. The lowest BCUT2D eigenvalue weighted by Crippen LogP contribution is -2.39. The number of aromatic nitrogens is 1. The monoisotopic (exact) mass is 317 g/mol. The average Bonchev–Trinajstić information content (AvgIpc) is 3.19. The molecule has 5 nitrogen and oxygen atoms in total. The molecule has 126 valence electrons. The second-order valence-electron chi connectivity index (χ2n) is 7.64. The fraction of sp³-hybridized carbons (Fsp3) is 0.667. The van der Waals surface area contributed by atoms with E-state index >= 15 is 0 Å². The van der Waals surface area contributed by atoms with Crippen molar-refractivity contribution < 1.29 is 9.53 Å². The molecule has 0 bridgehead atoms. The van der Waals surface area contributed by atoms with E-state index in [0.29, 0.717) is 6.04 Å². The molecule has 1 saturated carbocycles. The summed E-state index contributed by atoms with van der Waals surface area (Å²) in [4.78, 5) is 21.4. The standard InChI is InChI=1S/C18H27N3O2/c1-18(2,3)23-17(22)21(13-9-10-13)16-14(7-5-11-19-16)15-8-6-12-20(15)4/h5,7,11,13,15H,6,8-10,12H2,1-4H3/t15-/m0/s1. The first-order valence-electron chi connectivity index (χ1n) is 8.54. The summed E-state index contributed by atoms with van der Waals surface area (Å²) in [5, 5.41) is 0. The molecule has 2 aliphatic rings. The number of rotatable bonds is 3. The normalized spacial score (nSPS) is 22.2. The highest BCUT2D eigenvalue weighted by Gasteiger charge is 2.39. The van der Waals surface area contributed by atoms with Crippen LogP contribution in [0.5, 0.6) is 0 Å². The number of hydrogen-bond acceptors (Lipinski definition) is 4. The molecule has 0 aromatic carbocycles. The first-order chi connectivity index (χ1) is 10.9. The fourth-order valence-corrected chi connectivity index (χ4v) is 3.23. The van der Waals surface area contributed by atoms with Crippen LogP contribution in [0.3, 0.4) is 0 Å². The van der Waals surface area contributed by atoms with Crippen molar-refractivity contribution in [2.45, 2.75) is 64.1 Å². The minimum Gasteiger partial charge on any atom is -0.443 e. The summed E-state index contributed by atoms with van der Waals surface area (Å²) in [5.41, 5.74) is 0.647. The Balaban J connectivity index is 1.93. The number of likely N-dealkylation sites (tertiary alicyclic amines) is 1. The predicted molar refractivity (Wildman–Crippen MR) is 90.6 cm³/mol. The Labute approximate surface area is 138 Å². The van der Waals surface area contributed by atoms with Crippen molar-refractivity contribution in [1.82, 2.24) is 9.88 Å². The van der Waals surface area contributed by atoms with E-state index in [-0.39, 0.29) is 12.1 Å². The second-order valence-corrected chi connectivity index (χ2v) is 7.64. The first kappa shape index (κ1) is 16.2. The molecule has 2 fully saturated rings. The number of hydrogen-bond donors (Lipinski definition) is 0. The first-order valence-corrected chi connectivity index (χ1v) is 8.54. The van der Waals surface area contributed by atoms with E-state index in [1.54, 1.807) is 11.1 Å². The van der Waals surface area contributed by atoms with Crippen molar-refractivity contribution in [2.24, 2.45) is 0 Å². The number of nitrogens with zero attached hydrogens (tertiary/aromatic N) is 3. The number of carbonyl (C=O) groups is 1. The van der Waals surface area contributed by atoms with Crippen molar-refractivity contribution in [3.8, 4) is 0 Å². The molecule has 3 rings (SSSR count). The number of ether oxygens (including phenoxy) is 1. The van der Waals surface area contributed by atoms with Gasteiger partial charge in [0.15, 0.2) is 0 Å². The topological polar surface area (TPSA) is 45.7 Å². The molecule has 2 heterocycles. The van der Waals surface area contributed by atoms with E-state index in [1.807, 2.05) is 26.8 Å². The molecular weight excluding hydrogens is 290 g/mol. The van der Waals surface area contributed by atoms with Crippen LogP contribution in [0.25, 0.3) is 0 Å².